The minimum absolute atomic E-state index is 0.122. The van der Waals surface area contributed by atoms with Crippen molar-refractivity contribution in [1.82, 2.24) is 4.98 Å². The molecule has 23 heavy (non-hydrogen) atoms. The molecular weight excluding hydrogens is 338 g/mol. The first kappa shape index (κ1) is 16.2. The van der Waals surface area contributed by atoms with Crippen molar-refractivity contribution in [3.05, 3.63) is 18.2 Å². The summed E-state index contributed by atoms with van der Waals surface area (Å²) >= 11 is 1.39. The number of anilines is 1. The van der Waals surface area contributed by atoms with Crippen LogP contribution in [-0.2, 0) is 14.8 Å². The molecule has 7 nitrogen and oxygen atoms in total. The van der Waals surface area contributed by atoms with E-state index in [2.05, 4.69) is 4.98 Å². The smallest absolute Gasteiger partial charge is 0.229 e. The maximum Gasteiger partial charge on any atom is 0.229 e. The number of primary sulfonamides is 1. The highest BCUT2D eigenvalue weighted by Crippen LogP contribution is 2.34. The van der Waals surface area contributed by atoms with Crippen LogP contribution in [0.2, 0.25) is 0 Å². The number of nitrogens with two attached hydrogens (primary N) is 1. The molecule has 2 heterocycles. The first-order chi connectivity index (χ1) is 10.9. The Hall–Kier alpha value is -1.71. The fraction of sp³-hybridized carbons (Fsp3) is 0.429. The lowest BCUT2D eigenvalue weighted by Gasteiger charge is -2.12. The molecule has 1 unspecified atom stereocenters. The standard InChI is InChI=1S/C14H17N3O4S2/c1-2-21-10-3-4-11-12(6-10)22-14(16-11)17-7-9(5-13(17)18)8-23(15,19)20/h3-4,6,9H,2,5,7-8H2,1H3,(H2,15,19,20). The molecule has 9 heteroatoms. The van der Waals surface area contributed by atoms with Crippen molar-refractivity contribution in [1.29, 1.82) is 0 Å². The number of hydrogen-bond acceptors (Lipinski definition) is 6. The number of nitrogens with zero attached hydrogens (tertiary/aromatic N) is 2. The Morgan fingerprint density at radius 3 is 2.96 bits per heavy atom. The Labute approximate surface area is 138 Å². The van der Waals surface area contributed by atoms with E-state index in [9.17, 15) is 13.2 Å². The molecule has 1 atom stereocenters. The second-order valence-corrected chi connectivity index (χ2v) is 8.13. The van der Waals surface area contributed by atoms with Crippen LogP contribution in [0.1, 0.15) is 13.3 Å². The Kier molecular flexibility index (Phi) is 4.26. The van der Waals surface area contributed by atoms with Crippen molar-refractivity contribution in [2.75, 3.05) is 23.8 Å². The predicted octanol–water partition coefficient (Wildman–Crippen LogP) is 1.34. The minimum atomic E-state index is -3.59. The van der Waals surface area contributed by atoms with E-state index in [-0.39, 0.29) is 24.0 Å². The van der Waals surface area contributed by atoms with Gasteiger partial charge >= 0.3 is 0 Å². The second kappa shape index (κ2) is 6.06. The number of ether oxygens (including phenoxy) is 1. The minimum Gasteiger partial charge on any atom is -0.494 e. The van der Waals surface area contributed by atoms with Crippen LogP contribution in [0, 0.1) is 5.92 Å². The molecule has 3 rings (SSSR count). The number of carbonyl (C=O) groups excluding carboxylic acids is 1. The number of thiazole rings is 1. The van der Waals surface area contributed by atoms with Crippen molar-refractivity contribution in [3.8, 4) is 5.75 Å². The quantitative estimate of drug-likeness (QED) is 0.872. The number of sulfonamides is 1. The van der Waals surface area contributed by atoms with E-state index in [4.69, 9.17) is 9.88 Å². The fourth-order valence-electron chi connectivity index (χ4n) is 2.67. The van der Waals surface area contributed by atoms with Gasteiger partial charge in [0.1, 0.15) is 5.75 Å². The van der Waals surface area contributed by atoms with Crippen LogP contribution in [-0.4, -0.2) is 38.2 Å². The van der Waals surface area contributed by atoms with Crippen molar-refractivity contribution < 1.29 is 17.9 Å². The van der Waals surface area contributed by atoms with Crippen LogP contribution in [0.4, 0.5) is 5.13 Å². The molecule has 1 saturated heterocycles. The summed E-state index contributed by atoms with van der Waals surface area (Å²) in [6.45, 7) is 2.82. The van der Waals surface area contributed by atoms with Crippen LogP contribution < -0.4 is 14.8 Å². The maximum atomic E-state index is 12.1. The monoisotopic (exact) mass is 355 g/mol. The average molecular weight is 355 g/mol. The number of benzene rings is 1. The predicted molar refractivity (Wildman–Crippen MR) is 89.2 cm³/mol. The summed E-state index contributed by atoms with van der Waals surface area (Å²) < 4.78 is 28.8. The zero-order valence-electron chi connectivity index (χ0n) is 12.6. The molecular formula is C14H17N3O4S2. The molecule has 2 N–H and O–H groups in total. The molecule has 124 valence electrons. The largest absolute Gasteiger partial charge is 0.494 e. The number of aromatic nitrogens is 1. The van der Waals surface area contributed by atoms with Crippen LogP contribution in [0.3, 0.4) is 0 Å². The van der Waals surface area contributed by atoms with Gasteiger partial charge in [0.2, 0.25) is 15.9 Å². The lowest BCUT2D eigenvalue weighted by molar-refractivity contribution is -0.117. The zero-order chi connectivity index (χ0) is 16.6. The molecule has 0 bridgehead atoms. The van der Waals surface area contributed by atoms with E-state index < -0.39 is 10.0 Å². The number of hydrogen-bond donors (Lipinski definition) is 1. The SMILES string of the molecule is CCOc1ccc2nc(N3CC(CS(N)(=O)=O)CC3=O)sc2c1. The van der Waals surface area contributed by atoms with Gasteiger partial charge in [-0.25, -0.2) is 18.5 Å². The summed E-state index contributed by atoms with van der Waals surface area (Å²) in [7, 11) is -3.59. The third kappa shape index (κ3) is 3.62. The van der Waals surface area contributed by atoms with E-state index in [1.54, 1.807) is 4.90 Å². The summed E-state index contributed by atoms with van der Waals surface area (Å²) in [6, 6.07) is 5.58. The van der Waals surface area contributed by atoms with E-state index in [1.807, 2.05) is 25.1 Å². The van der Waals surface area contributed by atoms with E-state index in [0.717, 1.165) is 16.0 Å². The normalized spacial score (nSPS) is 18.8. The fourth-order valence-corrected chi connectivity index (χ4v) is 4.57. The van der Waals surface area contributed by atoms with Crippen molar-refractivity contribution in [2.24, 2.45) is 11.1 Å². The average Bonchev–Trinajstić information content (AvgIpc) is 3.00. The highest BCUT2D eigenvalue weighted by atomic mass is 32.2. The third-order valence-corrected chi connectivity index (χ3v) is 5.54. The first-order valence-electron chi connectivity index (χ1n) is 7.20. The van der Waals surface area contributed by atoms with E-state index in [0.29, 0.717) is 18.3 Å². The molecule has 1 fully saturated rings. The van der Waals surface area contributed by atoms with Gasteiger partial charge in [0.25, 0.3) is 0 Å². The molecule has 1 aliphatic rings. The topological polar surface area (TPSA) is 103 Å². The first-order valence-corrected chi connectivity index (χ1v) is 9.73. The van der Waals surface area contributed by atoms with Gasteiger partial charge < -0.3 is 4.74 Å². The molecule has 0 radical (unpaired) electrons. The van der Waals surface area contributed by atoms with E-state index >= 15 is 0 Å². The number of carbonyl (C=O) groups is 1. The molecule has 1 aromatic carbocycles. The third-order valence-electron chi connectivity index (χ3n) is 3.56. The number of amides is 1. The summed E-state index contributed by atoms with van der Waals surface area (Å²) in [5.74, 6) is 0.163. The lowest BCUT2D eigenvalue weighted by atomic mass is 10.1. The Bertz CT molecular complexity index is 847. The van der Waals surface area contributed by atoms with Crippen LogP contribution >= 0.6 is 11.3 Å². The van der Waals surface area contributed by atoms with Crippen molar-refractivity contribution >= 4 is 42.6 Å². The van der Waals surface area contributed by atoms with Crippen LogP contribution in [0.25, 0.3) is 10.2 Å². The summed E-state index contributed by atoms with van der Waals surface area (Å²) in [6.07, 6.45) is 0.177. The van der Waals surface area contributed by atoms with E-state index in [1.165, 1.54) is 11.3 Å². The Balaban J connectivity index is 1.84. The molecule has 2 aromatic rings. The molecule has 1 amide bonds. The van der Waals surface area contributed by atoms with Crippen LogP contribution in [0.5, 0.6) is 5.75 Å². The van der Waals surface area contributed by atoms with Gasteiger partial charge in [-0.05, 0) is 25.1 Å². The summed E-state index contributed by atoms with van der Waals surface area (Å²) in [5.41, 5.74) is 0.788. The molecule has 0 saturated carbocycles. The van der Waals surface area contributed by atoms with Gasteiger partial charge in [0.15, 0.2) is 5.13 Å². The van der Waals surface area contributed by atoms with Gasteiger partial charge in [-0.3, -0.25) is 9.69 Å². The summed E-state index contributed by atoms with van der Waals surface area (Å²) in [4.78, 5) is 18.2. The maximum absolute atomic E-state index is 12.1. The molecule has 0 aliphatic carbocycles. The number of fused-ring (bicyclic) bond motifs is 1. The van der Waals surface area contributed by atoms with Gasteiger partial charge in [-0.2, -0.15) is 0 Å². The lowest BCUT2D eigenvalue weighted by Crippen LogP contribution is -2.27. The highest BCUT2D eigenvalue weighted by molar-refractivity contribution is 7.89. The van der Waals surface area contributed by atoms with Crippen LogP contribution in [0.15, 0.2) is 18.2 Å². The van der Waals surface area contributed by atoms with Gasteiger partial charge in [0, 0.05) is 18.9 Å². The van der Waals surface area contributed by atoms with Gasteiger partial charge in [-0.1, -0.05) is 11.3 Å². The van der Waals surface area contributed by atoms with Gasteiger partial charge in [0.05, 0.1) is 22.6 Å². The molecule has 1 aliphatic heterocycles. The Morgan fingerprint density at radius 2 is 2.26 bits per heavy atom. The highest BCUT2D eigenvalue weighted by Gasteiger charge is 2.34. The summed E-state index contributed by atoms with van der Waals surface area (Å²) in [5, 5.41) is 5.65. The molecule has 1 aromatic heterocycles. The molecule has 0 spiro atoms. The Morgan fingerprint density at radius 1 is 1.48 bits per heavy atom. The zero-order valence-corrected chi connectivity index (χ0v) is 14.2. The second-order valence-electron chi connectivity index (χ2n) is 5.46. The van der Waals surface area contributed by atoms with Crippen molar-refractivity contribution in [3.63, 3.8) is 0 Å². The number of rotatable bonds is 5. The van der Waals surface area contributed by atoms with Crippen molar-refractivity contribution in [2.45, 2.75) is 13.3 Å². The van der Waals surface area contributed by atoms with Gasteiger partial charge in [-0.15, -0.1) is 0 Å².